The maximum absolute atomic E-state index is 10.6. The number of benzene rings is 1. The Balaban J connectivity index is 3.12. The molecule has 0 radical (unpaired) electrons. The molecule has 0 spiro atoms. The van der Waals surface area contributed by atoms with Gasteiger partial charge in [-0.2, -0.15) is 0 Å². The van der Waals surface area contributed by atoms with Crippen molar-refractivity contribution in [2.24, 2.45) is 0 Å². The topological polar surface area (TPSA) is 37.3 Å². The monoisotopic (exact) mass is 222 g/mol. The first-order chi connectivity index (χ1) is 5.65. The van der Waals surface area contributed by atoms with Crippen LogP contribution in [-0.4, -0.2) is 15.0 Å². The van der Waals surface area contributed by atoms with Crippen LogP contribution in [-0.2, 0) is 11.1 Å². The number of hydrogen-bond acceptors (Lipinski definition) is 2. The highest BCUT2D eigenvalue weighted by atomic mass is 35.5. The third-order valence-electron chi connectivity index (χ3n) is 1.33. The van der Waals surface area contributed by atoms with E-state index in [4.69, 9.17) is 16.2 Å². The molecule has 1 aromatic rings. The summed E-state index contributed by atoms with van der Waals surface area (Å²) in [6, 6.07) is 5.00. The molecule has 1 unspecified atom stereocenters. The molecule has 5 heteroatoms. The zero-order valence-corrected chi connectivity index (χ0v) is 8.67. The molecule has 12 heavy (non-hydrogen) atoms. The normalized spacial score (nSPS) is 12.9. The minimum absolute atomic E-state index is 0.259. The molecule has 0 aliphatic carbocycles. The zero-order chi connectivity index (χ0) is 9.14. The summed E-state index contributed by atoms with van der Waals surface area (Å²) in [6.07, 6.45) is 1.92. The molecule has 0 saturated heterocycles. The molecule has 0 fully saturated rings. The first-order valence-corrected chi connectivity index (χ1v) is 5.80. The van der Waals surface area contributed by atoms with Gasteiger partial charge in [0.05, 0.1) is 9.92 Å². The molecule has 1 N–H and O–H groups in total. The summed E-state index contributed by atoms with van der Waals surface area (Å²) >= 11 is 5.28. The lowest BCUT2D eigenvalue weighted by molar-refractivity contribution is 0.564. The first kappa shape index (κ1) is 10.1. The van der Waals surface area contributed by atoms with Crippen molar-refractivity contribution in [1.82, 2.24) is 0 Å². The van der Waals surface area contributed by atoms with Gasteiger partial charge in [0.2, 0.25) is 0 Å². The van der Waals surface area contributed by atoms with Gasteiger partial charge >= 0.3 is 0 Å². The van der Waals surface area contributed by atoms with Gasteiger partial charge in [0, 0.05) is 4.90 Å². The minimum atomic E-state index is -1.99. The number of hydrogen-bond donors (Lipinski definition) is 1. The van der Waals surface area contributed by atoms with Crippen LogP contribution >= 0.6 is 23.4 Å². The first-order valence-electron chi connectivity index (χ1n) is 3.09. The summed E-state index contributed by atoms with van der Waals surface area (Å²) in [5.74, 6) is 0. The van der Waals surface area contributed by atoms with Crippen LogP contribution in [0.15, 0.2) is 28.0 Å². The third kappa shape index (κ3) is 2.23. The fourth-order valence-electron chi connectivity index (χ4n) is 0.750. The molecular weight excluding hydrogens is 216 g/mol. The van der Waals surface area contributed by atoms with Crippen molar-refractivity contribution in [3.8, 4) is 0 Å². The van der Waals surface area contributed by atoms with Crippen LogP contribution in [0.4, 0.5) is 0 Å². The zero-order valence-electron chi connectivity index (χ0n) is 6.28. The highest BCUT2D eigenvalue weighted by molar-refractivity contribution is 7.98. The van der Waals surface area contributed by atoms with Gasteiger partial charge in [0.15, 0.2) is 11.1 Å². The van der Waals surface area contributed by atoms with Crippen molar-refractivity contribution >= 4 is 34.4 Å². The lowest BCUT2D eigenvalue weighted by atomic mass is 10.4. The van der Waals surface area contributed by atoms with Crippen molar-refractivity contribution in [2.75, 3.05) is 6.26 Å². The van der Waals surface area contributed by atoms with E-state index in [0.717, 1.165) is 4.90 Å². The van der Waals surface area contributed by atoms with Gasteiger partial charge in [-0.1, -0.05) is 11.6 Å². The third-order valence-corrected chi connectivity index (χ3v) is 3.21. The van der Waals surface area contributed by atoms with Crippen LogP contribution in [0.2, 0.25) is 5.02 Å². The Morgan fingerprint density at radius 3 is 2.67 bits per heavy atom. The number of thioether (sulfide) groups is 1. The molecule has 0 aliphatic heterocycles. The van der Waals surface area contributed by atoms with E-state index in [1.807, 2.05) is 6.26 Å². The summed E-state index contributed by atoms with van der Waals surface area (Å²) < 4.78 is 19.4. The second-order valence-electron chi connectivity index (χ2n) is 2.05. The summed E-state index contributed by atoms with van der Waals surface area (Å²) in [6.45, 7) is 0. The average molecular weight is 223 g/mol. The lowest BCUT2D eigenvalue weighted by Gasteiger charge is -2.00. The van der Waals surface area contributed by atoms with E-state index in [0.29, 0.717) is 5.02 Å². The molecule has 66 valence electrons. The fourth-order valence-corrected chi connectivity index (χ4v) is 2.04. The van der Waals surface area contributed by atoms with Gasteiger partial charge in [-0.05, 0) is 24.5 Å². The molecule has 1 atom stereocenters. The van der Waals surface area contributed by atoms with Crippen molar-refractivity contribution < 1.29 is 8.76 Å². The van der Waals surface area contributed by atoms with Gasteiger partial charge < -0.3 is 4.55 Å². The van der Waals surface area contributed by atoms with Gasteiger partial charge in [-0.3, -0.25) is 0 Å². The second kappa shape index (κ2) is 4.28. The van der Waals surface area contributed by atoms with Crippen molar-refractivity contribution in [3.63, 3.8) is 0 Å². The van der Waals surface area contributed by atoms with Crippen molar-refractivity contribution in [3.05, 3.63) is 23.2 Å². The Hall–Kier alpha value is -0.0300. The Bertz CT molecular complexity index is 314. The van der Waals surface area contributed by atoms with E-state index in [1.165, 1.54) is 11.8 Å². The number of rotatable bonds is 2. The van der Waals surface area contributed by atoms with E-state index >= 15 is 0 Å². The molecule has 0 aromatic heterocycles. The van der Waals surface area contributed by atoms with Crippen LogP contribution in [0.5, 0.6) is 0 Å². The van der Waals surface area contributed by atoms with Crippen molar-refractivity contribution in [2.45, 2.75) is 9.79 Å². The quantitative estimate of drug-likeness (QED) is 0.618. The van der Waals surface area contributed by atoms with Crippen molar-refractivity contribution in [1.29, 1.82) is 0 Å². The van der Waals surface area contributed by atoms with E-state index in [1.54, 1.807) is 18.2 Å². The Morgan fingerprint density at radius 1 is 1.58 bits per heavy atom. The standard InChI is InChI=1S/C7H7ClO2S2/c1-11-5-2-3-7(12(9)10)6(8)4-5/h2-4H,1H3,(H,9,10). The van der Waals surface area contributed by atoms with Crippen LogP contribution in [0.25, 0.3) is 0 Å². The predicted molar refractivity (Wildman–Crippen MR) is 52.3 cm³/mol. The second-order valence-corrected chi connectivity index (χ2v) is 4.27. The molecule has 2 nitrogen and oxygen atoms in total. The largest absolute Gasteiger partial charge is 0.302 e. The van der Waals surface area contributed by atoms with E-state index in [2.05, 4.69) is 0 Å². The summed E-state index contributed by atoms with van der Waals surface area (Å²) in [5.41, 5.74) is 0. The van der Waals surface area contributed by atoms with E-state index < -0.39 is 11.1 Å². The fraction of sp³-hybridized carbons (Fsp3) is 0.143. The summed E-state index contributed by atoms with van der Waals surface area (Å²) in [4.78, 5) is 1.24. The molecule has 1 aromatic carbocycles. The SMILES string of the molecule is CSc1ccc(S(=O)O)c(Cl)c1. The maximum atomic E-state index is 10.6. The highest BCUT2D eigenvalue weighted by Crippen LogP contribution is 2.24. The summed E-state index contributed by atoms with van der Waals surface area (Å²) in [7, 11) is 0. The Morgan fingerprint density at radius 2 is 2.25 bits per heavy atom. The molecule has 0 saturated carbocycles. The Kier molecular flexibility index (Phi) is 3.58. The molecule has 1 rings (SSSR count). The molecular formula is C7H7ClO2S2. The molecule has 0 aliphatic rings. The molecule has 0 amide bonds. The van der Waals surface area contributed by atoms with Gasteiger partial charge in [0.1, 0.15) is 0 Å². The number of halogens is 1. The van der Waals surface area contributed by atoms with Gasteiger partial charge in [0.25, 0.3) is 0 Å². The van der Waals surface area contributed by atoms with E-state index in [-0.39, 0.29) is 4.90 Å². The van der Waals surface area contributed by atoms with Crippen LogP contribution in [0, 0.1) is 0 Å². The minimum Gasteiger partial charge on any atom is -0.302 e. The molecule has 0 heterocycles. The van der Waals surface area contributed by atoms with Crippen LogP contribution in [0.1, 0.15) is 0 Å². The van der Waals surface area contributed by atoms with Crippen LogP contribution < -0.4 is 0 Å². The van der Waals surface area contributed by atoms with Gasteiger partial charge in [-0.15, -0.1) is 11.8 Å². The predicted octanol–water partition coefficient (Wildman–Crippen LogP) is 2.64. The van der Waals surface area contributed by atoms with Gasteiger partial charge in [-0.25, -0.2) is 4.21 Å². The molecule has 0 bridgehead atoms. The average Bonchev–Trinajstić information content (AvgIpc) is 2.03. The smallest absolute Gasteiger partial charge is 0.188 e. The maximum Gasteiger partial charge on any atom is 0.188 e. The lowest BCUT2D eigenvalue weighted by Crippen LogP contribution is -1.89. The Labute approximate surface area is 82.6 Å². The van der Waals surface area contributed by atoms with Crippen LogP contribution in [0.3, 0.4) is 0 Å². The summed E-state index contributed by atoms with van der Waals surface area (Å²) in [5, 5.41) is 0.336. The van der Waals surface area contributed by atoms with E-state index in [9.17, 15) is 4.21 Å². The highest BCUT2D eigenvalue weighted by Gasteiger charge is 2.05.